The van der Waals surface area contributed by atoms with Gasteiger partial charge in [-0.1, -0.05) is 54.6 Å². The van der Waals surface area contributed by atoms with Crippen molar-refractivity contribution < 1.29 is 62.3 Å². The van der Waals surface area contributed by atoms with Crippen molar-refractivity contribution in [3.63, 3.8) is 0 Å². The topological polar surface area (TPSA) is 42.3 Å². The molecule has 53 heavy (non-hydrogen) atoms. The summed E-state index contributed by atoms with van der Waals surface area (Å²) in [6.45, 7) is 0. The molecule has 6 aromatic rings. The summed E-state index contributed by atoms with van der Waals surface area (Å²) in [5.74, 6) is -1.67. The summed E-state index contributed by atoms with van der Waals surface area (Å²) in [7, 11) is 1.15. The van der Waals surface area contributed by atoms with Crippen LogP contribution in [0.5, 0.6) is 0 Å². The Bertz CT molecular complexity index is 2390. The molecule has 2 heterocycles. The zero-order valence-electron chi connectivity index (χ0n) is 26.4. The van der Waals surface area contributed by atoms with Crippen molar-refractivity contribution in [2.75, 3.05) is 7.05 Å². The molecule has 4 nitrogen and oxygen atoms in total. The number of carbonyl (C=O) groups excluding carboxylic acids is 2. The maximum atomic E-state index is 14.6. The second-order valence-electron chi connectivity index (χ2n) is 12.1. The normalized spacial score (nSPS) is 14.2. The fourth-order valence-corrected chi connectivity index (χ4v) is 6.74. The third kappa shape index (κ3) is 5.67. The Kier molecular flexibility index (Phi) is 7.79. The van der Waals surface area contributed by atoms with Crippen molar-refractivity contribution in [2.24, 2.45) is 0 Å². The fraction of sp³-hybridized carbons (Fsp3) is 0.135. The molecule has 0 atom stereocenters. The average Bonchev–Trinajstić information content (AvgIpc) is 3.53. The van der Waals surface area contributed by atoms with E-state index in [-0.39, 0.29) is 61.9 Å². The van der Waals surface area contributed by atoms with Crippen LogP contribution in [-0.4, -0.2) is 28.3 Å². The summed E-state index contributed by atoms with van der Waals surface area (Å²) >= 11 is 0. The molecular weight excluding hydrogens is 732 g/mol. The van der Waals surface area contributed by atoms with E-state index in [9.17, 15) is 62.3 Å². The number of hydrogen-bond donors (Lipinski definition) is 0. The Labute approximate surface area is 289 Å². The lowest BCUT2D eigenvalue weighted by molar-refractivity contribution is -0.144. The van der Waals surface area contributed by atoms with Gasteiger partial charge in [0, 0.05) is 28.9 Å². The maximum absolute atomic E-state index is 14.6. The van der Waals surface area contributed by atoms with Crippen molar-refractivity contribution in [2.45, 2.75) is 24.7 Å². The molecule has 1 aliphatic heterocycles. The first-order valence-electron chi connectivity index (χ1n) is 15.2. The molecule has 0 unspecified atom stereocenters. The van der Waals surface area contributed by atoms with E-state index in [0.717, 1.165) is 28.6 Å². The van der Waals surface area contributed by atoms with E-state index in [1.54, 1.807) is 0 Å². The van der Waals surface area contributed by atoms with Gasteiger partial charge < -0.3 is 4.57 Å². The molecule has 0 saturated heterocycles. The number of nitrogens with zero attached hydrogens (tertiary/aromatic N) is 2. The summed E-state index contributed by atoms with van der Waals surface area (Å²) in [4.78, 5) is 27.3. The molecule has 0 N–H and O–H groups in total. The molecule has 272 valence electrons. The summed E-state index contributed by atoms with van der Waals surface area (Å²) in [5, 5.41) is 0.103. The zero-order chi connectivity index (χ0) is 38.6. The predicted molar refractivity (Wildman–Crippen MR) is 168 cm³/mol. The highest BCUT2D eigenvalue weighted by Gasteiger charge is 2.42. The van der Waals surface area contributed by atoms with Gasteiger partial charge in [0.15, 0.2) is 0 Å². The lowest BCUT2D eigenvalue weighted by atomic mass is 9.94. The van der Waals surface area contributed by atoms with Crippen LogP contribution in [-0.2, 0) is 24.7 Å². The highest BCUT2D eigenvalue weighted by molar-refractivity contribution is 6.24. The Hall–Kier alpha value is -5.80. The van der Waals surface area contributed by atoms with Gasteiger partial charge in [-0.2, -0.15) is 52.7 Å². The number of aromatic nitrogens is 1. The highest BCUT2D eigenvalue weighted by Crippen LogP contribution is 2.49. The molecule has 0 radical (unpaired) electrons. The van der Waals surface area contributed by atoms with E-state index in [2.05, 4.69) is 0 Å². The van der Waals surface area contributed by atoms with Crippen LogP contribution < -0.4 is 0 Å². The standard InChI is InChI=1S/C37H18F12N2O2/c1-50-32(52)25-9-4-10-28(29(25)33(50)53)51-30-21(19-13-11-17(34(38,39)40)15-26(19)36(44,45)46)5-2-7-23(30)24-8-3-6-22(31(24)51)20-14-12-18(35(41,42)43)16-27(20)37(47,48)49/h2-16H,1H3. The number of benzene rings is 5. The minimum Gasteiger partial charge on any atom is -0.307 e. The molecule has 0 aliphatic carbocycles. The molecule has 0 spiro atoms. The smallest absolute Gasteiger partial charge is 0.307 e. The Balaban J connectivity index is 1.69. The van der Waals surface area contributed by atoms with Gasteiger partial charge in [-0.25, -0.2) is 0 Å². The first kappa shape index (κ1) is 35.6. The predicted octanol–water partition coefficient (Wildman–Crippen LogP) is 11.4. The third-order valence-corrected chi connectivity index (χ3v) is 9.03. The molecule has 5 aromatic carbocycles. The molecule has 0 bridgehead atoms. The minimum atomic E-state index is -5.36. The van der Waals surface area contributed by atoms with Crippen LogP contribution in [0.2, 0.25) is 0 Å². The zero-order valence-corrected chi connectivity index (χ0v) is 26.4. The highest BCUT2D eigenvalue weighted by atomic mass is 19.4. The van der Waals surface area contributed by atoms with Gasteiger partial charge in [0.25, 0.3) is 11.8 Å². The molecule has 0 fully saturated rings. The monoisotopic (exact) mass is 750 g/mol. The lowest BCUT2D eigenvalue weighted by Crippen LogP contribution is -2.24. The van der Waals surface area contributed by atoms with E-state index < -0.39 is 69.9 Å². The maximum Gasteiger partial charge on any atom is 0.417 e. The first-order valence-corrected chi connectivity index (χ1v) is 15.2. The van der Waals surface area contributed by atoms with Crippen LogP contribution in [0.4, 0.5) is 52.7 Å². The summed E-state index contributed by atoms with van der Waals surface area (Å²) < 4.78 is 170. The Morgan fingerprint density at radius 1 is 0.453 bits per heavy atom. The SMILES string of the molecule is CN1C(=O)c2cccc(-n3c4c(-c5ccc(C(F)(F)F)cc5C(F)(F)F)cccc4c4cccc(-c5ccc(C(F)(F)F)cc5C(F)(F)F)c43)c2C1=O. The van der Waals surface area contributed by atoms with Crippen LogP contribution in [0.15, 0.2) is 91.0 Å². The van der Waals surface area contributed by atoms with Gasteiger partial charge in [0.1, 0.15) is 0 Å². The number of amides is 2. The molecule has 7 rings (SSSR count). The van der Waals surface area contributed by atoms with Crippen LogP contribution in [0.25, 0.3) is 49.7 Å². The van der Waals surface area contributed by atoms with Gasteiger partial charge in [-0.05, 0) is 47.5 Å². The largest absolute Gasteiger partial charge is 0.417 e. The molecule has 1 aromatic heterocycles. The van der Waals surface area contributed by atoms with E-state index in [1.807, 2.05) is 0 Å². The number of carbonyl (C=O) groups is 2. The summed E-state index contributed by atoms with van der Waals surface area (Å²) in [6, 6.07) is 13.3. The van der Waals surface area contributed by atoms with Gasteiger partial charge >= 0.3 is 24.7 Å². The second kappa shape index (κ2) is 11.6. The van der Waals surface area contributed by atoms with Crippen molar-refractivity contribution in [1.29, 1.82) is 0 Å². The Morgan fingerprint density at radius 2 is 0.868 bits per heavy atom. The van der Waals surface area contributed by atoms with Crippen LogP contribution >= 0.6 is 0 Å². The second-order valence-corrected chi connectivity index (χ2v) is 12.1. The van der Waals surface area contributed by atoms with E-state index in [1.165, 1.54) is 42.5 Å². The molecule has 16 heteroatoms. The van der Waals surface area contributed by atoms with Gasteiger partial charge in [-0.3, -0.25) is 14.5 Å². The molecule has 2 amide bonds. The molecular formula is C37H18F12N2O2. The van der Waals surface area contributed by atoms with Crippen molar-refractivity contribution in [1.82, 2.24) is 9.47 Å². The van der Waals surface area contributed by atoms with Crippen molar-refractivity contribution in [3.05, 3.63) is 124 Å². The number of para-hydroxylation sites is 2. The van der Waals surface area contributed by atoms with Crippen molar-refractivity contribution >= 4 is 33.6 Å². The van der Waals surface area contributed by atoms with Crippen LogP contribution in [0.3, 0.4) is 0 Å². The minimum absolute atomic E-state index is 0.0515. The number of halogens is 12. The van der Waals surface area contributed by atoms with Gasteiger partial charge in [-0.15, -0.1) is 0 Å². The molecule has 0 saturated carbocycles. The summed E-state index contributed by atoms with van der Waals surface area (Å²) in [5.41, 5.74) is -10.00. The third-order valence-electron chi connectivity index (χ3n) is 9.03. The van der Waals surface area contributed by atoms with Crippen LogP contribution in [0.1, 0.15) is 43.0 Å². The van der Waals surface area contributed by atoms with E-state index in [4.69, 9.17) is 0 Å². The Morgan fingerprint density at radius 3 is 1.28 bits per heavy atom. The molecule has 1 aliphatic rings. The fourth-order valence-electron chi connectivity index (χ4n) is 6.74. The average molecular weight is 751 g/mol. The van der Waals surface area contributed by atoms with Crippen molar-refractivity contribution in [3.8, 4) is 27.9 Å². The van der Waals surface area contributed by atoms with Crippen LogP contribution in [0, 0.1) is 0 Å². The number of alkyl halides is 12. The van der Waals surface area contributed by atoms with E-state index in [0.29, 0.717) is 24.3 Å². The quantitative estimate of drug-likeness (QED) is 0.134. The van der Waals surface area contributed by atoms with E-state index >= 15 is 0 Å². The number of rotatable bonds is 3. The lowest BCUT2D eigenvalue weighted by Gasteiger charge is -2.20. The van der Waals surface area contributed by atoms with Gasteiger partial charge in [0.2, 0.25) is 0 Å². The van der Waals surface area contributed by atoms with Gasteiger partial charge in [0.05, 0.1) is 50.1 Å². The number of fused-ring (bicyclic) bond motifs is 4. The summed E-state index contributed by atoms with van der Waals surface area (Å²) in [6.07, 6.45) is -21.1. The number of imide groups is 1. The first-order chi connectivity index (χ1) is 24.6. The number of hydrogen-bond acceptors (Lipinski definition) is 2.